The SMILES string of the molecule is C=CCc1cc(S(=O)(=O)c2ccc(O)c(/C=C\C)c2)ccc1O. The van der Waals surface area contributed by atoms with Gasteiger partial charge in [-0.3, -0.25) is 0 Å². The van der Waals surface area contributed by atoms with Gasteiger partial charge in [-0.05, 0) is 55.3 Å². The van der Waals surface area contributed by atoms with Gasteiger partial charge in [0.15, 0.2) is 0 Å². The summed E-state index contributed by atoms with van der Waals surface area (Å²) in [5, 5.41) is 19.5. The highest BCUT2D eigenvalue weighted by molar-refractivity contribution is 7.91. The average molecular weight is 330 g/mol. The Morgan fingerprint density at radius 2 is 1.65 bits per heavy atom. The number of allylic oxidation sites excluding steroid dienone is 2. The van der Waals surface area contributed by atoms with Gasteiger partial charge in [-0.1, -0.05) is 18.2 Å². The van der Waals surface area contributed by atoms with E-state index in [1.165, 1.54) is 36.4 Å². The van der Waals surface area contributed by atoms with Crippen LogP contribution in [0.3, 0.4) is 0 Å². The summed E-state index contributed by atoms with van der Waals surface area (Å²) in [6.07, 6.45) is 5.31. The van der Waals surface area contributed by atoms with Crippen LogP contribution in [-0.4, -0.2) is 18.6 Å². The second-order valence-electron chi connectivity index (χ2n) is 5.01. The molecule has 120 valence electrons. The van der Waals surface area contributed by atoms with Gasteiger partial charge in [-0.25, -0.2) is 8.42 Å². The molecule has 0 heterocycles. The van der Waals surface area contributed by atoms with Crippen molar-refractivity contribution in [3.8, 4) is 11.5 Å². The topological polar surface area (TPSA) is 74.6 Å². The third kappa shape index (κ3) is 3.46. The molecule has 0 bridgehead atoms. The highest BCUT2D eigenvalue weighted by Crippen LogP contribution is 2.29. The number of phenols is 2. The lowest BCUT2D eigenvalue weighted by Gasteiger charge is -2.09. The van der Waals surface area contributed by atoms with Crippen molar-refractivity contribution in [1.29, 1.82) is 0 Å². The number of phenolic OH excluding ortho intramolecular Hbond substituents is 2. The van der Waals surface area contributed by atoms with E-state index in [-0.39, 0.29) is 21.3 Å². The third-order valence-electron chi connectivity index (χ3n) is 3.38. The summed E-state index contributed by atoms with van der Waals surface area (Å²) in [6.45, 7) is 5.37. The van der Waals surface area contributed by atoms with E-state index in [1.807, 2.05) is 0 Å². The lowest BCUT2D eigenvalue weighted by atomic mass is 10.1. The van der Waals surface area contributed by atoms with Crippen LogP contribution < -0.4 is 0 Å². The first kappa shape index (κ1) is 16.8. The van der Waals surface area contributed by atoms with Crippen molar-refractivity contribution in [3.63, 3.8) is 0 Å². The number of rotatable bonds is 5. The molecule has 2 aromatic carbocycles. The molecule has 0 fully saturated rings. The molecule has 4 nitrogen and oxygen atoms in total. The highest BCUT2D eigenvalue weighted by Gasteiger charge is 2.20. The Morgan fingerprint density at radius 3 is 2.26 bits per heavy atom. The van der Waals surface area contributed by atoms with Crippen LogP contribution >= 0.6 is 0 Å². The first-order valence-corrected chi connectivity index (χ1v) is 8.52. The Hall–Kier alpha value is -2.53. The smallest absolute Gasteiger partial charge is 0.206 e. The van der Waals surface area contributed by atoms with Gasteiger partial charge < -0.3 is 10.2 Å². The zero-order valence-electron chi connectivity index (χ0n) is 12.7. The van der Waals surface area contributed by atoms with Crippen molar-refractivity contribution in [2.75, 3.05) is 0 Å². The maximum atomic E-state index is 12.8. The Bertz CT molecular complexity index is 865. The number of benzene rings is 2. The van der Waals surface area contributed by atoms with Gasteiger partial charge in [0, 0.05) is 5.56 Å². The van der Waals surface area contributed by atoms with Gasteiger partial charge in [0.2, 0.25) is 9.84 Å². The fourth-order valence-electron chi connectivity index (χ4n) is 2.20. The lowest BCUT2D eigenvalue weighted by Crippen LogP contribution is -2.03. The summed E-state index contributed by atoms with van der Waals surface area (Å²) in [5.74, 6) is 0.0456. The Labute approximate surface area is 136 Å². The van der Waals surface area contributed by atoms with Crippen LogP contribution in [0.5, 0.6) is 11.5 Å². The molecule has 0 atom stereocenters. The predicted octanol–water partition coefficient (Wildman–Crippen LogP) is 3.69. The van der Waals surface area contributed by atoms with E-state index >= 15 is 0 Å². The van der Waals surface area contributed by atoms with E-state index in [9.17, 15) is 18.6 Å². The molecule has 2 aromatic rings. The molecular weight excluding hydrogens is 312 g/mol. The van der Waals surface area contributed by atoms with E-state index in [0.29, 0.717) is 17.5 Å². The van der Waals surface area contributed by atoms with Crippen LogP contribution in [0.25, 0.3) is 6.08 Å². The van der Waals surface area contributed by atoms with Gasteiger partial charge in [0.25, 0.3) is 0 Å². The molecule has 2 rings (SSSR count). The molecule has 0 saturated heterocycles. The lowest BCUT2D eigenvalue weighted by molar-refractivity contribution is 0.469. The molecule has 0 saturated carbocycles. The fraction of sp³-hybridized carbons (Fsp3) is 0.111. The third-order valence-corrected chi connectivity index (χ3v) is 5.13. The molecule has 0 aliphatic carbocycles. The van der Waals surface area contributed by atoms with Gasteiger partial charge in [0.1, 0.15) is 11.5 Å². The van der Waals surface area contributed by atoms with Crippen LogP contribution in [0.1, 0.15) is 18.1 Å². The van der Waals surface area contributed by atoms with Crippen LogP contribution in [0.15, 0.2) is 64.9 Å². The molecule has 0 aromatic heterocycles. The summed E-state index contributed by atoms with van der Waals surface area (Å²) in [4.78, 5) is 0.169. The van der Waals surface area contributed by atoms with Crippen molar-refractivity contribution in [3.05, 3.63) is 66.3 Å². The first-order valence-electron chi connectivity index (χ1n) is 7.03. The zero-order valence-corrected chi connectivity index (χ0v) is 13.5. The monoisotopic (exact) mass is 330 g/mol. The van der Waals surface area contributed by atoms with Crippen LogP contribution in [0.4, 0.5) is 0 Å². The molecule has 0 radical (unpaired) electrons. The minimum atomic E-state index is -3.74. The van der Waals surface area contributed by atoms with Crippen molar-refractivity contribution >= 4 is 15.9 Å². The summed E-state index contributed by atoms with van der Waals surface area (Å²) >= 11 is 0. The highest BCUT2D eigenvalue weighted by atomic mass is 32.2. The molecule has 2 N–H and O–H groups in total. The summed E-state index contributed by atoms with van der Waals surface area (Å²) in [7, 11) is -3.74. The van der Waals surface area contributed by atoms with Crippen LogP contribution in [-0.2, 0) is 16.3 Å². The number of hydrogen-bond donors (Lipinski definition) is 2. The maximum absolute atomic E-state index is 12.8. The number of hydrogen-bond acceptors (Lipinski definition) is 4. The minimum absolute atomic E-state index is 0.0140. The van der Waals surface area contributed by atoms with Gasteiger partial charge >= 0.3 is 0 Å². The Balaban J connectivity index is 2.56. The minimum Gasteiger partial charge on any atom is -0.508 e. The van der Waals surface area contributed by atoms with E-state index in [2.05, 4.69) is 6.58 Å². The van der Waals surface area contributed by atoms with E-state index < -0.39 is 9.84 Å². The van der Waals surface area contributed by atoms with Crippen LogP contribution in [0, 0.1) is 0 Å². The van der Waals surface area contributed by atoms with Crippen molar-refractivity contribution in [2.45, 2.75) is 23.1 Å². The van der Waals surface area contributed by atoms with Gasteiger partial charge in [-0.2, -0.15) is 0 Å². The van der Waals surface area contributed by atoms with E-state index in [4.69, 9.17) is 0 Å². The van der Waals surface area contributed by atoms with Crippen molar-refractivity contribution in [2.24, 2.45) is 0 Å². The molecule has 0 spiro atoms. The Morgan fingerprint density at radius 1 is 1.04 bits per heavy atom. The normalized spacial score (nSPS) is 11.7. The predicted molar refractivity (Wildman–Crippen MR) is 90.3 cm³/mol. The molecule has 0 unspecified atom stereocenters. The summed E-state index contributed by atoms with van der Waals surface area (Å²) in [5.41, 5.74) is 0.923. The maximum Gasteiger partial charge on any atom is 0.206 e. The quantitative estimate of drug-likeness (QED) is 0.820. The zero-order chi connectivity index (χ0) is 17.0. The summed E-state index contributed by atoms with van der Waals surface area (Å²) in [6, 6.07) is 8.29. The molecule has 5 heteroatoms. The largest absolute Gasteiger partial charge is 0.508 e. The molecule has 23 heavy (non-hydrogen) atoms. The molecule has 0 aliphatic heterocycles. The van der Waals surface area contributed by atoms with Gasteiger partial charge in [-0.15, -0.1) is 6.58 Å². The molecule has 0 aliphatic rings. The molecule has 0 amide bonds. The van der Waals surface area contributed by atoms with E-state index in [1.54, 1.807) is 25.2 Å². The second-order valence-corrected chi connectivity index (χ2v) is 6.96. The summed E-state index contributed by atoms with van der Waals surface area (Å²) < 4.78 is 25.5. The van der Waals surface area contributed by atoms with E-state index in [0.717, 1.165) is 0 Å². The number of sulfone groups is 1. The second kappa shape index (κ2) is 6.71. The standard InChI is InChI=1S/C18H18O4S/c1-3-5-13-11-15(7-9-17(13)19)23(21,22)16-8-10-18(20)14(12-16)6-4-2/h3-4,6-12,19-20H,1,5H2,2H3/b6-4-. The Kier molecular flexibility index (Phi) is 4.91. The van der Waals surface area contributed by atoms with Crippen LogP contribution in [0.2, 0.25) is 0 Å². The van der Waals surface area contributed by atoms with Gasteiger partial charge in [0.05, 0.1) is 9.79 Å². The number of aromatic hydroxyl groups is 2. The average Bonchev–Trinajstić information content (AvgIpc) is 2.51. The fourth-order valence-corrected chi connectivity index (χ4v) is 3.54. The molecular formula is C18H18O4S. The van der Waals surface area contributed by atoms with Crippen molar-refractivity contribution in [1.82, 2.24) is 0 Å². The first-order chi connectivity index (χ1) is 10.9. The van der Waals surface area contributed by atoms with Crippen molar-refractivity contribution < 1.29 is 18.6 Å².